The van der Waals surface area contributed by atoms with Gasteiger partial charge in [-0.05, 0) is 76.9 Å². The molecule has 0 bridgehead atoms. The third-order valence-electron chi connectivity index (χ3n) is 5.47. The molecule has 2 aromatic carbocycles. The van der Waals surface area contributed by atoms with Crippen molar-refractivity contribution in [2.24, 2.45) is 5.92 Å². The molecule has 1 amide bonds. The maximum Gasteiger partial charge on any atom is 0.330 e. The number of ether oxygens (including phenoxy) is 3. The van der Waals surface area contributed by atoms with Crippen molar-refractivity contribution < 1.29 is 28.6 Å². The summed E-state index contributed by atoms with van der Waals surface area (Å²) in [6, 6.07) is 15.0. The highest BCUT2D eigenvalue weighted by atomic mass is 16.6. The molecular formula is C29H35NO6. The zero-order valence-corrected chi connectivity index (χ0v) is 22.0. The molecule has 3 rings (SSSR count). The second-order valence-electron chi connectivity index (χ2n) is 10.8. The van der Waals surface area contributed by atoms with Crippen LogP contribution in [0.3, 0.4) is 0 Å². The molecule has 1 aliphatic rings. The van der Waals surface area contributed by atoms with Gasteiger partial charge in [0.25, 0.3) is 5.91 Å². The molecular weight excluding hydrogens is 458 g/mol. The van der Waals surface area contributed by atoms with Crippen molar-refractivity contribution in [3.05, 3.63) is 71.9 Å². The SMILES string of the molecule is COc1cccc(C2=CN(C(=O)c3ccccc3)[C@H](C(=O)OC(C)(C)C)[C@H]2CC(=O)OC(C)(C)C)c1. The predicted octanol–water partition coefficient (Wildman–Crippen LogP) is 5.25. The second-order valence-corrected chi connectivity index (χ2v) is 10.8. The van der Waals surface area contributed by atoms with Crippen LogP contribution in [-0.2, 0) is 19.1 Å². The molecule has 192 valence electrons. The van der Waals surface area contributed by atoms with Crippen LogP contribution in [0.15, 0.2) is 60.8 Å². The topological polar surface area (TPSA) is 82.1 Å². The summed E-state index contributed by atoms with van der Waals surface area (Å²) >= 11 is 0. The van der Waals surface area contributed by atoms with Gasteiger partial charge in [-0.25, -0.2) is 4.79 Å². The fraction of sp³-hybridized carbons (Fsp3) is 0.414. The minimum Gasteiger partial charge on any atom is -0.497 e. The van der Waals surface area contributed by atoms with Crippen LogP contribution in [0.5, 0.6) is 5.75 Å². The van der Waals surface area contributed by atoms with E-state index in [0.29, 0.717) is 16.9 Å². The van der Waals surface area contributed by atoms with E-state index in [2.05, 4.69) is 0 Å². The quantitative estimate of drug-likeness (QED) is 0.511. The van der Waals surface area contributed by atoms with Crippen molar-refractivity contribution in [3.8, 4) is 5.75 Å². The Labute approximate surface area is 213 Å². The van der Waals surface area contributed by atoms with Gasteiger partial charge in [-0.2, -0.15) is 0 Å². The molecule has 7 heteroatoms. The molecule has 1 heterocycles. The first kappa shape index (κ1) is 27.0. The number of hydrogen-bond donors (Lipinski definition) is 0. The summed E-state index contributed by atoms with van der Waals surface area (Å²) in [6.45, 7) is 10.7. The number of esters is 2. The summed E-state index contributed by atoms with van der Waals surface area (Å²) in [5.74, 6) is -1.49. The molecule has 0 N–H and O–H groups in total. The highest BCUT2D eigenvalue weighted by Gasteiger charge is 2.46. The maximum absolute atomic E-state index is 13.6. The van der Waals surface area contributed by atoms with E-state index in [4.69, 9.17) is 14.2 Å². The average molecular weight is 494 g/mol. The molecule has 0 unspecified atom stereocenters. The number of rotatable bonds is 6. The minimum atomic E-state index is -1.05. The van der Waals surface area contributed by atoms with Gasteiger partial charge in [0.1, 0.15) is 23.0 Å². The Kier molecular flexibility index (Phi) is 7.92. The lowest BCUT2D eigenvalue weighted by Crippen LogP contribution is -2.46. The number of amides is 1. The van der Waals surface area contributed by atoms with Crippen molar-refractivity contribution >= 4 is 23.4 Å². The lowest BCUT2D eigenvalue weighted by atomic mass is 9.87. The Morgan fingerprint density at radius 1 is 0.861 bits per heavy atom. The van der Waals surface area contributed by atoms with Crippen molar-refractivity contribution in [1.82, 2.24) is 4.90 Å². The van der Waals surface area contributed by atoms with Crippen LogP contribution >= 0.6 is 0 Å². The first-order valence-electron chi connectivity index (χ1n) is 12.0. The number of carbonyl (C=O) groups excluding carboxylic acids is 3. The van der Waals surface area contributed by atoms with Crippen LogP contribution in [-0.4, -0.2) is 47.1 Å². The van der Waals surface area contributed by atoms with Gasteiger partial charge in [-0.3, -0.25) is 14.5 Å². The minimum absolute atomic E-state index is 0.108. The van der Waals surface area contributed by atoms with Crippen LogP contribution in [0.25, 0.3) is 5.57 Å². The lowest BCUT2D eigenvalue weighted by molar-refractivity contribution is -0.162. The zero-order valence-electron chi connectivity index (χ0n) is 22.0. The number of benzene rings is 2. The largest absolute Gasteiger partial charge is 0.497 e. The van der Waals surface area contributed by atoms with Gasteiger partial charge in [0.15, 0.2) is 0 Å². The van der Waals surface area contributed by atoms with Gasteiger partial charge < -0.3 is 14.2 Å². The van der Waals surface area contributed by atoms with E-state index in [9.17, 15) is 14.4 Å². The van der Waals surface area contributed by atoms with E-state index in [1.807, 2.05) is 24.3 Å². The van der Waals surface area contributed by atoms with Crippen LogP contribution in [0.2, 0.25) is 0 Å². The summed E-state index contributed by atoms with van der Waals surface area (Å²) in [5, 5.41) is 0. The van der Waals surface area contributed by atoms with E-state index in [1.165, 1.54) is 4.90 Å². The molecule has 0 aromatic heterocycles. The van der Waals surface area contributed by atoms with Crippen molar-refractivity contribution in [1.29, 1.82) is 0 Å². The molecule has 0 saturated heterocycles. The number of nitrogens with zero attached hydrogens (tertiary/aromatic N) is 1. The van der Waals surface area contributed by atoms with Gasteiger partial charge in [0.2, 0.25) is 0 Å². The van der Waals surface area contributed by atoms with Gasteiger partial charge in [-0.1, -0.05) is 30.3 Å². The molecule has 36 heavy (non-hydrogen) atoms. The number of methoxy groups -OCH3 is 1. The van der Waals surface area contributed by atoms with Crippen LogP contribution in [0.1, 0.15) is 63.9 Å². The maximum atomic E-state index is 13.6. The summed E-state index contributed by atoms with van der Waals surface area (Å²) in [7, 11) is 1.56. The predicted molar refractivity (Wildman–Crippen MR) is 137 cm³/mol. The standard InChI is InChI=1S/C29H35NO6/c1-28(2,3)35-24(31)17-22-23(20-14-11-15-21(16-20)34-7)18-30(25(22)27(33)36-29(4,5)6)26(32)19-12-9-8-10-13-19/h8-16,18,22,25H,17H2,1-7H3/t22-,25-/m0/s1. The summed E-state index contributed by atoms with van der Waals surface area (Å²) in [6.07, 6.45) is 1.54. The summed E-state index contributed by atoms with van der Waals surface area (Å²) in [4.78, 5) is 41.5. The third kappa shape index (κ3) is 6.74. The van der Waals surface area contributed by atoms with Crippen molar-refractivity contribution in [2.45, 2.75) is 65.2 Å². The summed E-state index contributed by atoms with van der Waals surface area (Å²) in [5.41, 5.74) is 0.328. The Bertz CT molecular complexity index is 1140. The van der Waals surface area contributed by atoms with Crippen molar-refractivity contribution in [3.63, 3.8) is 0 Å². The highest BCUT2D eigenvalue weighted by Crippen LogP contribution is 2.41. The Balaban J connectivity index is 2.12. The van der Waals surface area contributed by atoms with E-state index in [-0.39, 0.29) is 12.3 Å². The average Bonchev–Trinajstić information content (AvgIpc) is 3.15. The van der Waals surface area contributed by atoms with Gasteiger partial charge in [0, 0.05) is 17.7 Å². The molecule has 0 radical (unpaired) electrons. The molecule has 2 atom stereocenters. The third-order valence-corrected chi connectivity index (χ3v) is 5.47. The van der Waals surface area contributed by atoms with E-state index < -0.39 is 35.1 Å². The summed E-state index contributed by atoms with van der Waals surface area (Å²) < 4.78 is 16.7. The Morgan fingerprint density at radius 3 is 2.08 bits per heavy atom. The molecule has 0 spiro atoms. The number of carbonyl (C=O) groups is 3. The van der Waals surface area contributed by atoms with E-state index >= 15 is 0 Å². The fourth-order valence-electron chi connectivity index (χ4n) is 4.12. The molecule has 0 fully saturated rings. The van der Waals surface area contributed by atoms with Gasteiger partial charge >= 0.3 is 11.9 Å². The van der Waals surface area contributed by atoms with Crippen LogP contribution in [0.4, 0.5) is 0 Å². The van der Waals surface area contributed by atoms with Crippen LogP contribution in [0, 0.1) is 5.92 Å². The first-order valence-corrected chi connectivity index (χ1v) is 12.0. The normalized spacial score (nSPS) is 17.9. The van der Waals surface area contributed by atoms with Crippen LogP contribution < -0.4 is 4.74 Å². The highest BCUT2D eigenvalue weighted by molar-refractivity contribution is 6.01. The van der Waals surface area contributed by atoms with Crippen molar-refractivity contribution in [2.75, 3.05) is 7.11 Å². The number of hydrogen-bond acceptors (Lipinski definition) is 6. The Hall–Kier alpha value is -3.61. The molecule has 0 aliphatic carbocycles. The van der Waals surface area contributed by atoms with E-state index in [0.717, 1.165) is 5.56 Å². The van der Waals surface area contributed by atoms with E-state index in [1.54, 1.807) is 85.2 Å². The van der Waals surface area contributed by atoms with Gasteiger partial charge in [-0.15, -0.1) is 0 Å². The molecule has 7 nitrogen and oxygen atoms in total. The lowest BCUT2D eigenvalue weighted by Gasteiger charge is -2.31. The fourth-order valence-corrected chi connectivity index (χ4v) is 4.12. The monoisotopic (exact) mass is 493 g/mol. The Morgan fingerprint density at radius 2 is 1.50 bits per heavy atom. The zero-order chi connectivity index (χ0) is 26.7. The van der Waals surface area contributed by atoms with Gasteiger partial charge in [0.05, 0.1) is 13.5 Å². The molecule has 0 saturated carbocycles. The molecule has 2 aromatic rings. The first-order chi connectivity index (χ1) is 16.8. The molecule has 1 aliphatic heterocycles. The second kappa shape index (κ2) is 10.6. The smallest absolute Gasteiger partial charge is 0.330 e.